The summed E-state index contributed by atoms with van der Waals surface area (Å²) in [4.78, 5) is 4.55. The molecule has 4 rings (SSSR count). The second kappa shape index (κ2) is 4.31. The van der Waals surface area contributed by atoms with Gasteiger partial charge in [0.1, 0.15) is 0 Å². The topological polar surface area (TPSA) is 12.9 Å². The Morgan fingerprint density at radius 1 is 0.850 bits per heavy atom. The average Bonchev–Trinajstić information content (AvgIpc) is 2.86. The summed E-state index contributed by atoms with van der Waals surface area (Å²) in [6.45, 7) is 2.17. The maximum Gasteiger partial charge on any atom is 0.0707 e. The summed E-state index contributed by atoms with van der Waals surface area (Å²) < 4.78 is 0. The fourth-order valence-corrected chi connectivity index (χ4v) is 3.20. The predicted octanol–water partition coefficient (Wildman–Crippen LogP) is 4.63. The zero-order valence-corrected chi connectivity index (χ0v) is 11.4. The van der Waals surface area contributed by atoms with Gasteiger partial charge in [-0.1, -0.05) is 42.5 Å². The molecule has 1 aromatic heterocycles. The van der Waals surface area contributed by atoms with Crippen LogP contribution in [0.3, 0.4) is 0 Å². The van der Waals surface area contributed by atoms with Crippen molar-refractivity contribution in [2.75, 3.05) is 0 Å². The van der Waals surface area contributed by atoms with Gasteiger partial charge in [-0.05, 0) is 53.3 Å². The van der Waals surface area contributed by atoms with Crippen LogP contribution in [0.1, 0.15) is 16.7 Å². The average molecular weight is 257 g/mol. The Balaban J connectivity index is 2.00. The molecule has 3 aromatic rings. The van der Waals surface area contributed by atoms with Gasteiger partial charge in [-0.3, -0.25) is 4.98 Å². The van der Waals surface area contributed by atoms with Crippen LogP contribution in [0.2, 0.25) is 0 Å². The van der Waals surface area contributed by atoms with Crippen LogP contribution in [0.5, 0.6) is 0 Å². The van der Waals surface area contributed by atoms with Gasteiger partial charge in [0, 0.05) is 11.8 Å². The van der Waals surface area contributed by atoms with Crippen LogP contribution in [0.4, 0.5) is 0 Å². The molecular formula is C19H15N. The van der Waals surface area contributed by atoms with Gasteiger partial charge in [-0.2, -0.15) is 0 Å². The van der Waals surface area contributed by atoms with Gasteiger partial charge >= 0.3 is 0 Å². The lowest BCUT2D eigenvalue weighted by Crippen LogP contribution is -1.93. The first-order valence-corrected chi connectivity index (χ1v) is 6.97. The van der Waals surface area contributed by atoms with Crippen molar-refractivity contribution in [3.8, 4) is 22.4 Å². The van der Waals surface area contributed by atoms with E-state index in [4.69, 9.17) is 0 Å². The van der Waals surface area contributed by atoms with E-state index < -0.39 is 0 Å². The largest absolute Gasteiger partial charge is 0.256 e. The lowest BCUT2D eigenvalue weighted by Gasteiger charge is -2.11. The third kappa shape index (κ3) is 1.60. The van der Waals surface area contributed by atoms with Crippen molar-refractivity contribution >= 4 is 0 Å². The molecule has 1 heteroatoms. The van der Waals surface area contributed by atoms with Crippen LogP contribution in [0.25, 0.3) is 22.4 Å². The van der Waals surface area contributed by atoms with E-state index in [0.29, 0.717) is 0 Å². The third-order valence-electron chi connectivity index (χ3n) is 4.12. The summed E-state index contributed by atoms with van der Waals surface area (Å²) in [6.07, 6.45) is 2.88. The Morgan fingerprint density at radius 2 is 1.70 bits per heavy atom. The van der Waals surface area contributed by atoms with Gasteiger partial charge in [-0.25, -0.2) is 0 Å². The number of rotatable bonds is 1. The van der Waals surface area contributed by atoms with E-state index >= 15 is 0 Å². The zero-order chi connectivity index (χ0) is 13.5. The first-order valence-electron chi connectivity index (χ1n) is 6.97. The number of aromatic nitrogens is 1. The predicted molar refractivity (Wildman–Crippen MR) is 82.7 cm³/mol. The maximum atomic E-state index is 4.55. The summed E-state index contributed by atoms with van der Waals surface area (Å²) in [6, 6.07) is 19.3. The summed E-state index contributed by atoms with van der Waals surface area (Å²) in [5.41, 5.74) is 9.27. The van der Waals surface area contributed by atoms with Gasteiger partial charge < -0.3 is 0 Å². The minimum Gasteiger partial charge on any atom is -0.256 e. The Morgan fingerprint density at radius 3 is 2.55 bits per heavy atom. The number of pyridine rings is 1. The number of nitrogens with zero attached hydrogens (tertiary/aromatic N) is 1. The van der Waals surface area contributed by atoms with Crippen molar-refractivity contribution in [3.05, 3.63) is 77.5 Å². The second-order valence-electron chi connectivity index (χ2n) is 5.33. The van der Waals surface area contributed by atoms with Crippen LogP contribution in [0, 0.1) is 6.92 Å². The molecule has 0 aliphatic heterocycles. The van der Waals surface area contributed by atoms with Gasteiger partial charge in [0.2, 0.25) is 0 Å². The fraction of sp³-hybridized carbons (Fsp3) is 0.105. The van der Waals surface area contributed by atoms with Crippen molar-refractivity contribution in [1.82, 2.24) is 4.98 Å². The number of hydrogen-bond donors (Lipinski definition) is 0. The Bertz CT molecular complexity index is 788. The minimum atomic E-state index is 1.01. The van der Waals surface area contributed by atoms with Gasteiger partial charge in [-0.15, -0.1) is 0 Å². The van der Waals surface area contributed by atoms with Crippen LogP contribution in [-0.4, -0.2) is 4.98 Å². The number of fused-ring (bicyclic) bond motifs is 3. The van der Waals surface area contributed by atoms with Gasteiger partial charge in [0.05, 0.1) is 5.69 Å². The first-order chi connectivity index (χ1) is 9.84. The zero-order valence-electron chi connectivity index (χ0n) is 11.4. The molecule has 0 bridgehead atoms. The van der Waals surface area contributed by atoms with Gasteiger partial charge in [0.15, 0.2) is 0 Å². The fourth-order valence-electron chi connectivity index (χ4n) is 3.20. The first kappa shape index (κ1) is 11.4. The van der Waals surface area contributed by atoms with E-state index in [9.17, 15) is 0 Å². The molecule has 96 valence electrons. The minimum absolute atomic E-state index is 1.01. The van der Waals surface area contributed by atoms with Crippen molar-refractivity contribution in [1.29, 1.82) is 0 Å². The third-order valence-corrected chi connectivity index (χ3v) is 4.12. The molecule has 1 aliphatic carbocycles. The number of hydrogen-bond acceptors (Lipinski definition) is 1. The highest BCUT2D eigenvalue weighted by Gasteiger charge is 2.22. The normalized spacial score (nSPS) is 12.1. The van der Waals surface area contributed by atoms with E-state index in [2.05, 4.69) is 60.4 Å². The van der Waals surface area contributed by atoms with Crippen LogP contribution in [0.15, 0.2) is 60.8 Å². The molecule has 0 atom stereocenters. The molecule has 0 saturated carbocycles. The SMILES string of the molecule is Cc1ccc2c(c1-c1ccccn1)Cc1ccccc1-2. The monoisotopic (exact) mass is 257 g/mol. The highest BCUT2D eigenvalue weighted by molar-refractivity contribution is 5.85. The van der Waals surface area contributed by atoms with Gasteiger partial charge in [0.25, 0.3) is 0 Å². The molecule has 1 heterocycles. The quantitative estimate of drug-likeness (QED) is 0.484. The lowest BCUT2D eigenvalue weighted by molar-refractivity contribution is 1.22. The van der Waals surface area contributed by atoms with Crippen molar-refractivity contribution in [2.45, 2.75) is 13.3 Å². The van der Waals surface area contributed by atoms with E-state index in [-0.39, 0.29) is 0 Å². The smallest absolute Gasteiger partial charge is 0.0707 e. The van der Waals surface area contributed by atoms with Crippen molar-refractivity contribution in [3.63, 3.8) is 0 Å². The number of aryl methyl sites for hydroxylation is 1. The molecule has 0 saturated heterocycles. The van der Waals surface area contributed by atoms with E-state index in [1.165, 1.54) is 33.4 Å². The summed E-state index contributed by atoms with van der Waals surface area (Å²) >= 11 is 0. The van der Waals surface area contributed by atoms with Crippen molar-refractivity contribution in [2.24, 2.45) is 0 Å². The van der Waals surface area contributed by atoms with E-state index in [0.717, 1.165) is 12.1 Å². The number of benzene rings is 2. The molecule has 20 heavy (non-hydrogen) atoms. The van der Waals surface area contributed by atoms with E-state index in [1.807, 2.05) is 12.3 Å². The Labute approximate surface area is 118 Å². The molecule has 0 fully saturated rings. The van der Waals surface area contributed by atoms with Crippen LogP contribution >= 0.6 is 0 Å². The molecule has 2 aromatic carbocycles. The molecule has 1 nitrogen and oxygen atoms in total. The van der Waals surface area contributed by atoms with Crippen LogP contribution < -0.4 is 0 Å². The second-order valence-corrected chi connectivity index (χ2v) is 5.33. The molecule has 0 spiro atoms. The highest BCUT2D eigenvalue weighted by Crippen LogP contribution is 2.42. The van der Waals surface area contributed by atoms with E-state index in [1.54, 1.807) is 0 Å². The summed E-state index contributed by atoms with van der Waals surface area (Å²) in [7, 11) is 0. The Hall–Kier alpha value is -2.41. The highest BCUT2D eigenvalue weighted by atomic mass is 14.7. The molecular weight excluding hydrogens is 242 g/mol. The lowest BCUT2D eigenvalue weighted by atomic mass is 9.94. The van der Waals surface area contributed by atoms with Crippen LogP contribution in [-0.2, 0) is 6.42 Å². The summed E-state index contributed by atoms with van der Waals surface area (Å²) in [5, 5.41) is 0. The maximum absolute atomic E-state index is 4.55. The molecule has 0 radical (unpaired) electrons. The Kier molecular flexibility index (Phi) is 2.46. The molecule has 1 aliphatic rings. The van der Waals surface area contributed by atoms with Crippen molar-refractivity contribution < 1.29 is 0 Å². The molecule has 0 N–H and O–H groups in total. The summed E-state index contributed by atoms with van der Waals surface area (Å²) in [5.74, 6) is 0. The molecule has 0 unspecified atom stereocenters. The molecule has 0 amide bonds. The standard InChI is InChI=1S/C19H15N/c1-13-9-10-16-15-7-3-2-6-14(15)12-17(16)19(13)18-8-4-5-11-20-18/h2-11H,12H2,1H3.